The van der Waals surface area contributed by atoms with E-state index in [-0.39, 0.29) is 5.91 Å². The lowest BCUT2D eigenvalue weighted by atomic mass is 10.1. The third-order valence-electron chi connectivity index (χ3n) is 4.21. The number of rotatable bonds is 4. The Kier molecular flexibility index (Phi) is 5.64. The quantitative estimate of drug-likeness (QED) is 0.810. The number of carbonyl (C=O) groups is 1. The first-order valence-electron chi connectivity index (χ1n) is 7.99. The van der Waals surface area contributed by atoms with Gasteiger partial charge in [-0.05, 0) is 29.8 Å². The van der Waals surface area contributed by atoms with E-state index in [9.17, 15) is 4.79 Å². The number of anilines is 1. The maximum absolute atomic E-state index is 12.4. The second-order valence-corrected chi connectivity index (χ2v) is 6.62. The Labute approximate surface area is 152 Å². The molecule has 0 aromatic heterocycles. The lowest BCUT2D eigenvalue weighted by molar-refractivity contribution is -0.130. The zero-order valence-electron chi connectivity index (χ0n) is 13.3. The van der Waals surface area contributed by atoms with Crippen LogP contribution in [0.15, 0.2) is 48.5 Å². The number of hydrogen-bond acceptors (Lipinski definition) is 2. The molecule has 5 heteroatoms. The van der Waals surface area contributed by atoms with Crippen LogP contribution in [0.4, 0.5) is 5.69 Å². The lowest BCUT2D eigenvalue weighted by Crippen LogP contribution is -2.48. The summed E-state index contributed by atoms with van der Waals surface area (Å²) in [7, 11) is 0. The summed E-state index contributed by atoms with van der Waals surface area (Å²) in [6, 6.07) is 15.6. The smallest absolute Gasteiger partial charge is 0.223 e. The van der Waals surface area contributed by atoms with E-state index in [1.165, 1.54) is 5.69 Å². The number of nitrogens with zero attached hydrogens (tertiary/aromatic N) is 2. The predicted octanol–water partition coefficient (Wildman–Crippen LogP) is 4.28. The molecule has 125 valence electrons. The molecule has 2 aromatic rings. The van der Waals surface area contributed by atoms with Crippen LogP contribution in [-0.2, 0) is 4.79 Å². The number of halogens is 2. The highest BCUT2D eigenvalue weighted by Crippen LogP contribution is 2.23. The first kappa shape index (κ1) is 17.1. The molecule has 3 nitrogen and oxygen atoms in total. The minimum atomic E-state index is 0.133. The van der Waals surface area contributed by atoms with Crippen molar-refractivity contribution in [3.63, 3.8) is 0 Å². The van der Waals surface area contributed by atoms with E-state index < -0.39 is 0 Å². The first-order chi connectivity index (χ1) is 11.6. The fourth-order valence-corrected chi connectivity index (χ4v) is 3.33. The highest BCUT2D eigenvalue weighted by atomic mass is 35.5. The predicted molar refractivity (Wildman–Crippen MR) is 99.7 cm³/mol. The summed E-state index contributed by atoms with van der Waals surface area (Å²) in [6.45, 7) is 3.21. The first-order valence-corrected chi connectivity index (χ1v) is 8.75. The van der Waals surface area contributed by atoms with Gasteiger partial charge in [0.25, 0.3) is 0 Å². The van der Waals surface area contributed by atoms with Crippen molar-refractivity contribution in [3.05, 3.63) is 70.6 Å². The van der Waals surface area contributed by atoms with Gasteiger partial charge in [-0.15, -0.1) is 0 Å². The number of para-hydroxylation sites is 1. The molecule has 0 unspecified atom stereocenters. The second kappa shape index (κ2) is 7.91. The van der Waals surface area contributed by atoms with E-state index in [0.29, 0.717) is 16.5 Å². The standard InChI is InChI=1S/C19H19Cl2N2O/c20-16-8-6-15(18(21)14-16)7-9-19(24)23-12-10-22(11-13-23)17-4-2-1-3-5-17/h1-8,14H,9-13H2. The maximum Gasteiger partial charge on any atom is 0.223 e. The number of hydrogen-bond donors (Lipinski definition) is 0. The van der Waals surface area contributed by atoms with E-state index in [2.05, 4.69) is 17.0 Å². The van der Waals surface area contributed by atoms with Gasteiger partial charge in [-0.3, -0.25) is 4.79 Å². The van der Waals surface area contributed by atoms with Gasteiger partial charge < -0.3 is 9.80 Å². The van der Waals surface area contributed by atoms with Crippen LogP contribution < -0.4 is 4.90 Å². The third kappa shape index (κ3) is 4.22. The third-order valence-corrected chi connectivity index (χ3v) is 4.78. The fraction of sp³-hybridized carbons (Fsp3) is 0.263. The summed E-state index contributed by atoms with van der Waals surface area (Å²) in [6.07, 6.45) is 2.22. The van der Waals surface area contributed by atoms with E-state index in [1.54, 1.807) is 12.1 Å². The number of amides is 1. The van der Waals surface area contributed by atoms with Gasteiger partial charge >= 0.3 is 0 Å². The normalized spacial score (nSPS) is 14.8. The molecule has 0 bridgehead atoms. The van der Waals surface area contributed by atoms with Crippen LogP contribution in [0.25, 0.3) is 0 Å². The van der Waals surface area contributed by atoms with Crippen molar-refractivity contribution in [2.45, 2.75) is 6.42 Å². The van der Waals surface area contributed by atoms with Crippen LogP contribution in [0.2, 0.25) is 10.0 Å². The molecule has 1 fully saturated rings. The monoisotopic (exact) mass is 361 g/mol. The molecule has 1 amide bonds. The highest BCUT2D eigenvalue weighted by Gasteiger charge is 2.21. The molecule has 24 heavy (non-hydrogen) atoms. The van der Waals surface area contributed by atoms with Gasteiger partial charge in [-0.25, -0.2) is 0 Å². The highest BCUT2D eigenvalue weighted by molar-refractivity contribution is 6.35. The van der Waals surface area contributed by atoms with Crippen LogP contribution in [0.1, 0.15) is 12.0 Å². The van der Waals surface area contributed by atoms with Gasteiger partial charge in [0, 0.05) is 54.8 Å². The maximum atomic E-state index is 12.4. The van der Waals surface area contributed by atoms with Gasteiger partial charge in [-0.2, -0.15) is 0 Å². The molecule has 3 rings (SSSR count). The van der Waals surface area contributed by atoms with E-state index in [1.807, 2.05) is 35.6 Å². The molecule has 1 aliphatic heterocycles. The molecule has 0 saturated carbocycles. The molecule has 0 atom stereocenters. The summed E-state index contributed by atoms with van der Waals surface area (Å²) in [5.41, 5.74) is 2.06. The van der Waals surface area contributed by atoms with Crippen molar-refractivity contribution in [1.29, 1.82) is 0 Å². The topological polar surface area (TPSA) is 23.6 Å². The average Bonchev–Trinajstić information content (AvgIpc) is 2.62. The summed E-state index contributed by atoms with van der Waals surface area (Å²) < 4.78 is 0. The molecule has 1 aliphatic rings. The van der Waals surface area contributed by atoms with Crippen LogP contribution in [-0.4, -0.2) is 37.0 Å². The Morgan fingerprint density at radius 3 is 2.38 bits per heavy atom. The van der Waals surface area contributed by atoms with Gasteiger partial charge in [0.2, 0.25) is 5.91 Å². The van der Waals surface area contributed by atoms with Crippen molar-refractivity contribution in [2.24, 2.45) is 0 Å². The van der Waals surface area contributed by atoms with Gasteiger partial charge in [0.05, 0.1) is 0 Å². The zero-order valence-corrected chi connectivity index (χ0v) is 14.8. The number of carbonyl (C=O) groups excluding carboxylic acids is 1. The van der Waals surface area contributed by atoms with Crippen molar-refractivity contribution >= 4 is 34.8 Å². The summed E-state index contributed by atoms with van der Waals surface area (Å²) in [4.78, 5) is 16.6. The summed E-state index contributed by atoms with van der Waals surface area (Å²) in [5.74, 6) is 0.133. The minimum absolute atomic E-state index is 0.133. The molecule has 0 aliphatic carbocycles. The van der Waals surface area contributed by atoms with Crippen LogP contribution >= 0.6 is 23.2 Å². The van der Waals surface area contributed by atoms with Crippen LogP contribution in [0, 0.1) is 6.42 Å². The molecule has 0 N–H and O–H groups in total. The molecular formula is C19H19Cl2N2O. The molecular weight excluding hydrogens is 343 g/mol. The van der Waals surface area contributed by atoms with Crippen LogP contribution in [0.3, 0.4) is 0 Å². The molecule has 1 heterocycles. The molecule has 2 aromatic carbocycles. The summed E-state index contributed by atoms with van der Waals surface area (Å²) in [5, 5.41) is 1.17. The number of piperazine rings is 1. The van der Waals surface area contributed by atoms with E-state index in [0.717, 1.165) is 31.7 Å². The van der Waals surface area contributed by atoms with Gasteiger partial charge in [0.1, 0.15) is 0 Å². The Morgan fingerprint density at radius 1 is 1.00 bits per heavy atom. The average molecular weight is 362 g/mol. The van der Waals surface area contributed by atoms with Crippen LogP contribution in [0.5, 0.6) is 0 Å². The Hall–Kier alpha value is -1.71. The van der Waals surface area contributed by atoms with Crippen molar-refractivity contribution < 1.29 is 4.79 Å². The molecule has 1 radical (unpaired) electrons. The van der Waals surface area contributed by atoms with Crippen molar-refractivity contribution in [1.82, 2.24) is 4.90 Å². The van der Waals surface area contributed by atoms with Crippen molar-refractivity contribution in [3.8, 4) is 0 Å². The van der Waals surface area contributed by atoms with Gasteiger partial charge in [-0.1, -0.05) is 47.5 Å². The second-order valence-electron chi connectivity index (χ2n) is 5.78. The lowest BCUT2D eigenvalue weighted by Gasteiger charge is -2.36. The molecule has 1 saturated heterocycles. The fourth-order valence-electron chi connectivity index (χ4n) is 2.85. The van der Waals surface area contributed by atoms with Crippen molar-refractivity contribution in [2.75, 3.05) is 31.1 Å². The SMILES string of the molecule is O=C(C[CH]c1ccc(Cl)cc1Cl)N1CCN(c2ccccc2)CC1. The summed E-state index contributed by atoms with van der Waals surface area (Å²) >= 11 is 12.0. The van der Waals surface area contributed by atoms with E-state index in [4.69, 9.17) is 23.2 Å². The minimum Gasteiger partial charge on any atom is -0.368 e. The zero-order chi connectivity index (χ0) is 16.9. The molecule has 0 spiro atoms. The van der Waals surface area contributed by atoms with E-state index >= 15 is 0 Å². The Morgan fingerprint density at radius 2 is 1.71 bits per heavy atom. The van der Waals surface area contributed by atoms with Gasteiger partial charge in [0.15, 0.2) is 0 Å². The Balaban J connectivity index is 1.50. The Bertz CT molecular complexity index is 698. The number of benzene rings is 2. The largest absolute Gasteiger partial charge is 0.368 e.